The van der Waals surface area contributed by atoms with Gasteiger partial charge in [-0.05, 0) is 31.4 Å². The SMILES string of the molecule is OCCCCc1cc2ccccc2[n+](Cc2ccccc2)c1.[I-]. The molecule has 0 aliphatic carbocycles. The molecule has 0 saturated carbocycles. The van der Waals surface area contributed by atoms with Crippen molar-refractivity contribution in [2.75, 3.05) is 6.61 Å². The minimum Gasteiger partial charge on any atom is -1.00 e. The van der Waals surface area contributed by atoms with E-state index in [0.717, 1.165) is 25.8 Å². The molecule has 120 valence electrons. The van der Waals surface area contributed by atoms with E-state index in [0.29, 0.717) is 0 Å². The molecule has 2 nitrogen and oxygen atoms in total. The number of hydrogen-bond acceptors (Lipinski definition) is 1. The molecule has 0 spiro atoms. The number of unbranched alkanes of at least 4 members (excludes halogenated alkanes) is 1. The molecule has 0 amide bonds. The third-order valence-electron chi connectivity index (χ3n) is 3.98. The van der Waals surface area contributed by atoms with Gasteiger partial charge >= 0.3 is 0 Å². The van der Waals surface area contributed by atoms with Gasteiger partial charge in [0.25, 0.3) is 0 Å². The lowest BCUT2D eigenvalue weighted by atomic mass is 10.1. The van der Waals surface area contributed by atoms with Gasteiger partial charge in [0, 0.05) is 29.2 Å². The molecule has 0 radical (unpaired) electrons. The lowest BCUT2D eigenvalue weighted by molar-refractivity contribution is -0.662. The Labute approximate surface area is 154 Å². The summed E-state index contributed by atoms with van der Waals surface area (Å²) >= 11 is 0. The van der Waals surface area contributed by atoms with E-state index in [1.807, 2.05) is 0 Å². The summed E-state index contributed by atoms with van der Waals surface area (Å²) in [6.07, 6.45) is 5.17. The van der Waals surface area contributed by atoms with E-state index in [-0.39, 0.29) is 30.6 Å². The Hall–Kier alpha value is -1.46. The predicted octanol–water partition coefficient (Wildman–Crippen LogP) is 0.495. The third kappa shape index (κ3) is 4.75. The van der Waals surface area contributed by atoms with Crippen molar-refractivity contribution in [1.29, 1.82) is 0 Å². The number of hydrogen-bond donors (Lipinski definition) is 1. The fraction of sp³-hybridized carbons (Fsp3) is 0.250. The van der Waals surface area contributed by atoms with Crippen LogP contribution in [-0.2, 0) is 13.0 Å². The summed E-state index contributed by atoms with van der Waals surface area (Å²) in [5.41, 5.74) is 3.91. The number of halogens is 1. The number of nitrogens with zero attached hydrogens (tertiary/aromatic N) is 1. The van der Waals surface area contributed by atoms with E-state index in [4.69, 9.17) is 5.11 Å². The second-order valence-corrected chi connectivity index (χ2v) is 5.70. The molecule has 3 aromatic rings. The molecular formula is C20H22INO. The number of rotatable bonds is 6. The van der Waals surface area contributed by atoms with Gasteiger partial charge in [0.05, 0.1) is 0 Å². The van der Waals surface area contributed by atoms with Crippen molar-refractivity contribution in [1.82, 2.24) is 0 Å². The predicted molar refractivity (Wildman–Crippen MR) is 89.7 cm³/mol. The largest absolute Gasteiger partial charge is 1.00 e. The Morgan fingerprint density at radius 1 is 0.826 bits per heavy atom. The molecule has 1 aromatic heterocycles. The Balaban J connectivity index is 0.00000192. The molecule has 23 heavy (non-hydrogen) atoms. The highest BCUT2D eigenvalue weighted by molar-refractivity contribution is 5.75. The first kappa shape index (κ1) is 17.9. The average Bonchev–Trinajstić information content (AvgIpc) is 2.56. The average molecular weight is 419 g/mol. The zero-order valence-corrected chi connectivity index (χ0v) is 15.3. The standard InChI is InChI=1S/C20H22NO.HI/c22-13-7-6-10-18-14-19-11-4-5-12-20(19)21(16-18)15-17-8-2-1-3-9-17;/h1-5,8-9,11-12,14,16,22H,6-7,10,13,15H2;1H/q+1;/p-1. The number of pyridine rings is 1. The molecule has 0 saturated heterocycles. The van der Waals surface area contributed by atoms with Gasteiger partial charge in [0.1, 0.15) is 0 Å². The molecule has 0 aliphatic rings. The normalized spacial score (nSPS) is 10.5. The van der Waals surface area contributed by atoms with Crippen LogP contribution < -0.4 is 28.5 Å². The van der Waals surface area contributed by atoms with Crippen molar-refractivity contribution < 1.29 is 33.7 Å². The molecule has 0 fully saturated rings. The zero-order valence-electron chi connectivity index (χ0n) is 13.2. The van der Waals surface area contributed by atoms with Crippen molar-refractivity contribution in [2.24, 2.45) is 0 Å². The Bertz CT molecular complexity index is 743. The van der Waals surface area contributed by atoms with E-state index in [2.05, 4.69) is 71.4 Å². The number of aryl methyl sites for hydroxylation is 1. The second kappa shape index (κ2) is 8.99. The Kier molecular flexibility index (Phi) is 6.99. The lowest BCUT2D eigenvalue weighted by Crippen LogP contribution is -3.00. The van der Waals surface area contributed by atoms with E-state index >= 15 is 0 Å². The van der Waals surface area contributed by atoms with Gasteiger partial charge < -0.3 is 29.1 Å². The topological polar surface area (TPSA) is 24.1 Å². The lowest BCUT2D eigenvalue weighted by Gasteiger charge is -2.06. The van der Waals surface area contributed by atoms with Crippen molar-refractivity contribution >= 4 is 10.9 Å². The van der Waals surface area contributed by atoms with Crippen molar-refractivity contribution in [3.63, 3.8) is 0 Å². The van der Waals surface area contributed by atoms with Crippen LogP contribution in [0.2, 0.25) is 0 Å². The molecule has 3 heteroatoms. The first-order valence-corrected chi connectivity index (χ1v) is 7.93. The van der Waals surface area contributed by atoms with Crippen LogP contribution in [-0.4, -0.2) is 11.7 Å². The molecular weight excluding hydrogens is 397 g/mol. The summed E-state index contributed by atoms with van der Waals surface area (Å²) in [5, 5.41) is 10.2. The third-order valence-corrected chi connectivity index (χ3v) is 3.98. The quantitative estimate of drug-likeness (QED) is 0.351. The molecule has 0 atom stereocenters. The number of aliphatic hydroxyl groups excluding tert-OH is 1. The highest BCUT2D eigenvalue weighted by Gasteiger charge is 2.11. The number of benzene rings is 2. The van der Waals surface area contributed by atoms with E-state index in [9.17, 15) is 0 Å². The zero-order chi connectivity index (χ0) is 15.2. The molecule has 0 aliphatic heterocycles. The number of para-hydroxylation sites is 1. The van der Waals surface area contributed by atoms with Gasteiger partial charge in [-0.15, -0.1) is 0 Å². The van der Waals surface area contributed by atoms with Crippen molar-refractivity contribution in [2.45, 2.75) is 25.8 Å². The Morgan fingerprint density at radius 3 is 2.35 bits per heavy atom. The smallest absolute Gasteiger partial charge is 0.212 e. The fourth-order valence-electron chi connectivity index (χ4n) is 2.87. The summed E-state index contributed by atoms with van der Waals surface area (Å²) < 4.78 is 2.33. The van der Waals surface area contributed by atoms with Gasteiger partial charge in [-0.25, -0.2) is 0 Å². The summed E-state index contributed by atoms with van der Waals surface area (Å²) in [7, 11) is 0. The molecule has 0 bridgehead atoms. The van der Waals surface area contributed by atoms with E-state index in [1.165, 1.54) is 22.0 Å². The maximum atomic E-state index is 8.96. The van der Waals surface area contributed by atoms with Crippen molar-refractivity contribution in [3.8, 4) is 0 Å². The van der Waals surface area contributed by atoms with Crippen LogP contribution in [0.5, 0.6) is 0 Å². The van der Waals surface area contributed by atoms with E-state index < -0.39 is 0 Å². The van der Waals surface area contributed by atoms with Crippen molar-refractivity contribution in [3.05, 3.63) is 78.0 Å². The summed E-state index contributed by atoms with van der Waals surface area (Å²) in [6.45, 7) is 1.16. The van der Waals surface area contributed by atoms with Gasteiger partial charge in [0.15, 0.2) is 12.7 Å². The first-order chi connectivity index (χ1) is 10.9. The number of fused-ring (bicyclic) bond motifs is 1. The van der Waals surface area contributed by atoms with Crippen LogP contribution in [0.15, 0.2) is 66.9 Å². The van der Waals surface area contributed by atoms with Crippen LogP contribution in [0.3, 0.4) is 0 Å². The van der Waals surface area contributed by atoms with Gasteiger partial charge in [-0.1, -0.05) is 42.5 Å². The molecule has 2 aromatic carbocycles. The Morgan fingerprint density at radius 2 is 1.57 bits per heavy atom. The molecule has 3 rings (SSSR count). The maximum absolute atomic E-state index is 8.96. The maximum Gasteiger partial charge on any atom is 0.212 e. The van der Waals surface area contributed by atoms with E-state index in [1.54, 1.807) is 0 Å². The van der Waals surface area contributed by atoms with Crippen LogP contribution in [0.4, 0.5) is 0 Å². The summed E-state index contributed by atoms with van der Waals surface area (Å²) in [6, 6.07) is 21.4. The van der Waals surface area contributed by atoms with Crippen LogP contribution >= 0.6 is 0 Å². The molecule has 1 N–H and O–H groups in total. The monoisotopic (exact) mass is 419 g/mol. The number of aliphatic hydroxyl groups is 1. The van der Waals surface area contributed by atoms with Crippen LogP contribution in [0.25, 0.3) is 10.9 Å². The molecule has 0 unspecified atom stereocenters. The first-order valence-electron chi connectivity index (χ1n) is 7.93. The van der Waals surface area contributed by atoms with Gasteiger partial charge in [-0.2, -0.15) is 4.57 Å². The minimum absolute atomic E-state index is 0. The molecule has 1 heterocycles. The minimum atomic E-state index is 0. The summed E-state index contributed by atoms with van der Waals surface area (Å²) in [5.74, 6) is 0. The van der Waals surface area contributed by atoms with Crippen LogP contribution in [0, 0.1) is 0 Å². The van der Waals surface area contributed by atoms with Gasteiger partial charge in [0.2, 0.25) is 5.52 Å². The summed E-state index contributed by atoms with van der Waals surface area (Å²) in [4.78, 5) is 0. The number of aromatic nitrogens is 1. The fourth-order valence-corrected chi connectivity index (χ4v) is 2.87. The second-order valence-electron chi connectivity index (χ2n) is 5.70. The highest BCUT2D eigenvalue weighted by Crippen LogP contribution is 2.14. The van der Waals surface area contributed by atoms with Gasteiger partial charge in [-0.3, -0.25) is 0 Å². The van der Waals surface area contributed by atoms with Crippen LogP contribution in [0.1, 0.15) is 24.0 Å². The highest BCUT2D eigenvalue weighted by atomic mass is 127.